The number of methoxy groups -OCH3 is 1. The number of carbonyl (C=O) groups excluding carboxylic acids is 2. The average molecular weight is 308 g/mol. The van der Waals surface area contributed by atoms with Crippen molar-refractivity contribution in [1.82, 2.24) is 5.32 Å². The number of para-hydroxylation sites is 1. The van der Waals surface area contributed by atoms with Gasteiger partial charge < -0.3 is 15.4 Å². The van der Waals surface area contributed by atoms with Crippen molar-refractivity contribution < 1.29 is 14.3 Å². The number of ether oxygens (including phenoxy) is 1. The molecule has 1 aromatic carbocycles. The zero-order valence-corrected chi connectivity index (χ0v) is 12.9. The van der Waals surface area contributed by atoms with Crippen molar-refractivity contribution in [3.63, 3.8) is 0 Å². The fraction of sp³-hybridized carbons (Fsp3) is 0.467. The maximum Gasteiger partial charge on any atom is 0.339 e. The lowest BCUT2D eigenvalue weighted by Gasteiger charge is -2.21. The molecule has 21 heavy (non-hydrogen) atoms. The van der Waals surface area contributed by atoms with Gasteiger partial charge in [0.1, 0.15) is 0 Å². The van der Waals surface area contributed by atoms with Crippen molar-refractivity contribution >= 4 is 29.3 Å². The van der Waals surface area contributed by atoms with E-state index >= 15 is 0 Å². The first-order valence-corrected chi connectivity index (χ1v) is 8.05. The molecule has 1 heterocycles. The monoisotopic (exact) mass is 308 g/mol. The number of esters is 1. The van der Waals surface area contributed by atoms with E-state index in [1.54, 1.807) is 36.0 Å². The molecule has 1 aliphatic rings. The third-order valence-corrected chi connectivity index (χ3v) is 4.71. The predicted molar refractivity (Wildman–Crippen MR) is 84.8 cm³/mol. The van der Waals surface area contributed by atoms with Gasteiger partial charge in [0.15, 0.2) is 0 Å². The Kier molecular flexibility index (Phi) is 6.07. The summed E-state index contributed by atoms with van der Waals surface area (Å²) >= 11 is 1.68. The van der Waals surface area contributed by atoms with Crippen LogP contribution in [0.3, 0.4) is 0 Å². The number of anilines is 1. The predicted octanol–water partition coefficient (Wildman–Crippen LogP) is 1.90. The summed E-state index contributed by atoms with van der Waals surface area (Å²) in [6, 6.07) is 6.87. The van der Waals surface area contributed by atoms with Gasteiger partial charge in [0.25, 0.3) is 0 Å². The number of piperidine rings is 1. The third-order valence-electron chi connectivity index (χ3n) is 3.34. The zero-order chi connectivity index (χ0) is 15.1. The molecule has 1 amide bonds. The molecule has 0 unspecified atom stereocenters. The van der Waals surface area contributed by atoms with Crippen LogP contribution in [0.1, 0.15) is 23.2 Å². The van der Waals surface area contributed by atoms with Crippen LogP contribution in [0.5, 0.6) is 0 Å². The van der Waals surface area contributed by atoms with Gasteiger partial charge in [0.2, 0.25) is 5.91 Å². The second kappa shape index (κ2) is 8.05. The van der Waals surface area contributed by atoms with Crippen LogP contribution in [0, 0.1) is 0 Å². The van der Waals surface area contributed by atoms with Gasteiger partial charge >= 0.3 is 5.97 Å². The van der Waals surface area contributed by atoms with Crippen LogP contribution in [0.2, 0.25) is 0 Å². The molecule has 2 N–H and O–H groups in total. The highest BCUT2D eigenvalue weighted by Gasteiger charge is 2.16. The maximum absolute atomic E-state index is 12.0. The van der Waals surface area contributed by atoms with E-state index in [1.165, 1.54) is 7.11 Å². The van der Waals surface area contributed by atoms with Gasteiger partial charge in [-0.3, -0.25) is 4.79 Å². The first kappa shape index (κ1) is 15.9. The Morgan fingerprint density at radius 2 is 2.05 bits per heavy atom. The van der Waals surface area contributed by atoms with E-state index in [0.717, 1.165) is 25.9 Å². The number of amides is 1. The van der Waals surface area contributed by atoms with Gasteiger partial charge in [-0.2, -0.15) is 0 Å². The Bertz CT molecular complexity index is 501. The van der Waals surface area contributed by atoms with E-state index in [0.29, 0.717) is 22.3 Å². The van der Waals surface area contributed by atoms with E-state index in [4.69, 9.17) is 4.74 Å². The van der Waals surface area contributed by atoms with Crippen molar-refractivity contribution in [2.45, 2.75) is 18.1 Å². The smallest absolute Gasteiger partial charge is 0.339 e. The van der Waals surface area contributed by atoms with Gasteiger partial charge in [-0.15, -0.1) is 11.8 Å². The van der Waals surface area contributed by atoms with Crippen molar-refractivity contribution in [2.75, 3.05) is 31.3 Å². The fourth-order valence-electron chi connectivity index (χ4n) is 2.22. The second-order valence-electron chi connectivity index (χ2n) is 4.85. The summed E-state index contributed by atoms with van der Waals surface area (Å²) in [5.74, 6) is -0.132. The highest BCUT2D eigenvalue weighted by Crippen LogP contribution is 2.21. The Balaban J connectivity index is 1.88. The molecule has 114 valence electrons. The zero-order valence-electron chi connectivity index (χ0n) is 12.1. The highest BCUT2D eigenvalue weighted by molar-refractivity contribution is 8.00. The van der Waals surface area contributed by atoms with Crippen LogP contribution >= 0.6 is 11.8 Å². The summed E-state index contributed by atoms with van der Waals surface area (Å²) in [4.78, 5) is 23.7. The summed E-state index contributed by atoms with van der Waals surface area (Å²) in [6.45, 7) is 2.04. The summed E-state index contributed by atoms with van der Waals surface area (Å²) < 4.78 is 4.71. The molecule has 0 radical (unpaired) electrons. The lowest BCUT2D eigenvalue weighted by atomic mass is 10.2. The molecule has 2 rings (SSSR count). The molecule has 0 aromatic heterocycles. The standard InChI is InChI=1S/C15H20N2O3S/c1-20-15(19)12-4-2-3-5-13(12)17-14(18)10-21-11-6-8-16-9-7-11/h2-5,11,16H,6-10H2,1H3,(H,17,18). The van der Waals surface area contributed by atoms with Crippen molar-refractivity contribution in [3.05, 3.63) is 29.8 Å². The summed E-state index contributed by atoms with van der Waals surface area (Å²) in [5.41, 5.74) is 0.875. The molecule has 0 atom stereocenters. The molecule has 1 fully saturated rings. The Morgan fingerprint density at radius 1 is 1.33 bits per heavy atom. The van der Waals surface area contributed by atoms with Gasteiger partial charge in [0, 0.05) is 5.25 Å². The summed E-state index contributed by atoms with van der Waals surface area (Å²) in [7, 11) is 1.33. The molecule has 0 spiro atoms. The minimum atomic E-state index is -0.447. The number of benzene rings is 1. The van der Waals surface area contributed by atoms with E-state index < -0.39 is 5.97 Å². The van der Waals surface area contributed by atoms with Crippen LogP contribution in [0.4, 0.5) is 5.69 Å². The molecule has 0 saturated carbocycles. The van der Waals surface area contributed by atoms with Gasteiger partial charge in [-0.1, -0.05) is 12.1 Å². The van der Waals surface area contributed by atoms with Crippen molar-refractivity contribution in [1.29, 1.82) is 0 Å². The van der Waals surface area contributed by atoms with Crippen LogP contribution < -0.4 is 10.6 Å². The minimum absolute atomic E-state index is 0.0881. The number of nitrogens with one attached hydrogen (secondary N) is 2. The third kappa shape index (κ3) is 4.75. The highest BCUT2D eigenvalue weighted by atomic mass is 32.2. The van der Waals surface area contributed by atoms with E-state index in [2.05, 4.69) is 10.6 Å². The largest absolute Gasteiger partial charge is 0.465 e. The normalized spacial score (nSPS) is 15.5. The average Bonchev–Trinajstić information content (AvgIpc) is 2.54. The second-order valence-corrected chi connectivity index (χ2v) is 6.13. The van der Waals surface area contributed by atoms with Gasteiger partial charge in [-0.05, 0) is 38.1 Å². The Morgan fingerprint density at radius 3 is 2.76 bits per heavy atom. The fourth-order valence-corrected chi connectivity index (χ4v) is 3.25. The van der Waals surface area contributed by atoms with Crippen LogP contribution in [0.25, 0.3) is 0 Å². The number of hydrogen-bond acceptors (Lipinski definition) is 5. The lowest BCUT2D eigenvalue weighted by molar-refractivity contribution is -0.113. The number of thioether (sulfide) groups is 1. The summed E-state index contributed by atoms with van der Waals surface area (Å²) in [6.07, 6.45) is 2.19. The van der Waals surface area contributed by atoms with E-state index in [9.17, 15) is 9.59 Å². The quantitative estimate of drug-likeness (QED) is 0.813. The lowest BCUT2D eigenvalue weighted by Crippen LogP contribution is -2.30. The van der Waals surface area contributed by atoms with E-state index in [-0.39, 0.29) is 5.91 Å². The molecular weight excluding hydrogens is 288 g/mol. The molecule has 5 nitrogen and oxygen atoms in total. The molecule has 1 aliphatic heterocycles. The molecular formula is C15H20N2O3S. The first-order valence-electron chi connectivity index (χ1n) is 7.00. The van der Waals surface area contributed by atoms with Gasteiger partial charge in [0.05, 0.1) is 24.1 Å². The molecule has 0 bridgehead atoms. The van der Waals surface area contributed by atoms with Crippen LogP contribution in [0.15, 0.2) is 24.3 Å². The Hall–Kier alpha value is -1.53. The Labute approximate surface area is 128 Å². The molecule has 0 aliphatic carbocycles. The number of hydrogen-bond donors (Lipinski definition) is 2. The molecule has 6 heteroatoms. The topological polar surface area (TPSA) is 67.4 Å². The first-order chi connectivity index (χ1) is 10.2. The maximum atomic E-state index is 12.0. The van der Waals surface area contributed by atoms with Crippen LogP contribution in [-0.2, 0) is 9.53 Å². The van der Waals surface area contributed by atoms with Crippen molar-refractivity contribution in [3.8, 4) is 0 Å². The number of rotatable bonds is 5. The molecule has 1 saturated heterocycles. The van der Waals surface area contributed by atoms with Crippen molar-refractivity contribution in [2.24, 2.45) is 0 Å². The van der Waals surface area contributed by atoms with Crippen LogP contribution in [-0.4, -0.2) is 43.1 Å². The van der Waals surface area contributed by atoms with E-state index in [1.807, 2.05) is 0 Å². The minimum Gasteiger partial charge on any atom is -0.465 e. The SMILES string of the molecule is COC(=O)c1ccccc1NC(=O)CSC1CCNCC1. The number of carbonyl (C=O) groups is 2. The van der Waals surface area contributed by atoms with Gasteiger partial charge in [-0.25, -0.2) is 4.79 Å². The molecule has 1 aromatic rings. The summed E-state index contributed by atoms with van der Waals surface area (Å²) in [5, 5.41) is 6.63.